The zero-order valence-electron chi connectivity index (χ0n) is 14.4. The molecule has 0 saturated carbocycles. The van der Waals surface area contributed by atoms with E-state index in [9.17, 15) is 9.90 Å². The van der Waals surface area contributed by atoms with Crippen molar-refractivity contribution < 1.29 is 14.6 Å². The van der Waals surface area contributed by atoms with E-state index in [0.717, 1.165) is 16.8 Å². The van der Waals surface area contributed by atoms with E-state index in [4.69, 9.17) is 17.0 Å². The van der Waals surface area contributed by atoms with Gasteiger partial charge in [-0.1, -0.05) is 12.1 Å². The van der Waals surface area contributed by atoms with E-state index in [1.54, 1.807) is 14.3 Å². The molecule has 1 aromatic carbocycles. The van der Waals surface area contributed by atoms with E-state index in [-0.39, 0.29) is 12.6 Å². The lowest BCUT2D eigenvalue weighted by atomic mass is 10.1. The summed E-state index contributed by atoms with van der Waals surface area (Å²) in [5.74, 6) is -0.370. The molecule has 1 fully saturated rings. The van der Waals surface area contributed by atoms with Gasteiger partial charge in [-0.25, -0.2) is 4.68 Å². The van der Waals surface area contributed by atoms with Crippen LogP contribution in [0.25, 0.3) is 5.69 Å². The molecule has 0 radical (unpaired) electrons. The van der Waals surface area contributed by atoms with Crippen LogP contribution < -0.4 is 0 Å². The molecule has 25 heavy (non-hydrogen) atoms. The van der Waals surface area contributed by atoms with Crippen molar-refractivity contribution in [3.05, 3.63) is 34.1 Å². The highest BCUT2D eigenvalue weighted by molar-refractivity contribution is 7.71. The van der Waals surface area contributed by atoms with Crippen molar-refractivity contribution in [2.24, 2.45) is 0 Å². The second-order valence-electron chi connectivity index (χ2n) is 6.30. The van der Waals surface area contributed by atoms with E-state index in [1.807, 2.05) is 32.0 Å². The minimum Gasteiger partial charge on any atom is -0.468 e. The van der Waals surface area contributed by atoms with Crippen LogP contribution in [-0.4, -0.2) is 61.6 Å². The van der Waals surface area contributed by atoms with Crippen molar-refractivity contribution in [2.45, 2.75) is 39.1 Å². The highest BCUT2D eigenvalue weighted by atomic mass is 32.1. The third kappa shape index (κ3) is 3.48. The van der Waals surface area contributed by atoms with Crippen LogP contribution in [0, 0.1) is 18.6 Å². The predicted molar refractivity (Wildman–Crippen MR) is 92.8 cm³/mol. The Labute approximate surface area is 150 Å². The van der Waals surface area contributed by atoms with Crippen LogP contribution in [0.1, 0.15) is 17.5 Å². The fourth-order valence-corrected chi connectivity index (χ4v) is 3.28. The van der Waals surface area contributed by atoms with Gasteiger partial charge in [0.1, 0.15) is 6.04 Å². The van der Waals surface area contributed by atoms with Gasteiger partial charge in [-0.05, 0) is 53.7 Å². The Bertz CT molecular complexity index is 847. The topological polar surface area (TPSA) is 85.4 Å². The molecule has 2 heterocycles. The minimum atomic E-state index is -0.577. The number of methoxy groups -OCH3 is 1. The molecule has 0 bridgehead atoms. The largest absolute Gasteiger partial charge is 0.468 e. The van der Waals surface area contributed by atoms with Gasteiger partial charge in [-0.3, -0.25) is 9.69 Å². The molecular weight excluding hydrogens is 342 g/mol. The van der Waals surface area contributed by atoms with Crippen LogP contribution >= 0.6 is 12.2 Å². The van der Waals surface area contributed by atoms with E-state index in [1.165, 1.54) is 7.11 Å². The molecule has 9 heteroatoms. The molecule has 1 N–H and O–H groups in total. The first kappa shape index (κ1) is 17.7. The zero-order valence-corrected chi connectivity index (χ0v) is 15.2. The van der Waals surface area contributed by atoms with Crippen LogP contribution in [0.4, 0.5) is 0 Å². The molecule has 8 nitrogen and oxygen atoms in total. The van der Waals surface area contributed by atoms with Crippen LogP contribution in [0.5, 0.6) is 0 Å². The predicted octanol–water partition coefficient (Wildman–Crippen LogP) is 0.981. The van der Waals surface area contributed by atoms with E-state index in [2.05, 4.69) is 10.4 Å². The molecule has 2 atom stereocenters. The summed E-state index contributed by atoms with van der Waals surface area (Å²) >= 11 is 5.50. The number of hydrogen-bond acceptors (Lipinski definition) is 7. The molecule has 1 saturated heterocycles. The van der Waals surface area contributed by atoms with Crippen molar-refractivity contribution in [3.8, 4) is 5.69 Å². The van der Waals surface area contributed by atoms with E-state index >= 15 is 0 Å². The van der Waals surface area contributed by atoms with Crippen molar-refractivity contribution in [1.82, 2.24) is 24.7 Å². The Hall–Kier alpha value is -2.10. The number of carbonyl (C=O) groups is 1. The van der Waals surface area contributed by atoms with Gasteiger partial charge in [0.2, 0.25) is 4.77 Å². The maximum Gasteiger partial charge on any atom is 0.323 e. The van der Waals surface area contributed by atoms with Gasteiger partial charge in [-0.15, -0.1) is 0 Å². The van der Waals surface area contributed by atoms with Gasteiger partial charge < -0.3 is 9.84 Å². The lowest BCUT2D eigenvalue weighted by molar-refractivity contribution is -0.146. The number of nitrogens with zero attached hydrogens (tertiary/aromatic N) is 5. The maximum atomic E-state index is 11.9. The number of aliphatic hydroxyl groups excluding tert-OH is 1. The van der Waals surface area contributed by atoms with E-state index < -0.39 is 12.1 Å². The highest BCUT2D eigenvalue weighted by Gasteiger charge is 2.37. The summed E-state index contributed by atoms with van der Waals surface area (Å²) in [5, 5.41) is 18.2. The van der Waals surface area contributed by atoms with Gasteiger partial charge in [0.05, 0.1) is 25.6 Å². The number of tetrazole rings is 1. The first-order valence-electron chi connectivity index (χ1n) is 8.01. The Morgan fingerprint density at radius 2 is 2.16 bits per heavy atom. The average molecular weight is 363 g/mol. The number of rotatable bonds is 4. The van der Waals surface area contributed by atoms with Gasteiger partial charge in [-0.2, -0.15) is 4.68 Å². The molecule has 1 aromatic heterocycles. The monoisotopic (exact) mass is 363 g/mol. The van der Waals surface area contributed by atoms with Crippen molar-refractivity contribution in [2.75, 3.05) is 13.7 Å². The van der Waals surface area contributed by atoms with Crippen molar-refractivity contribution in [1.29, 1.82) is 0 Å². The number of ether oxygens (including phenoxy) is 1. The van der Waals surface area contributed by atoms with Gasteiger partial charge in [0.25, 0.3) is 0 Å². The van der Waals surface area contributed by atoms with Crippen LogP contribution in [0.3, 0.4) is 0 Å². The lowest BCUT2D eigenvalue weighted by Crippen LogP contribution is -2.38. The number of aromatic nitrogens is 4. The molecule has 134 valence electrons. The van der Waals surface area contributed by atoms with Gasteiger partial charge >= 0.3 is 5.97 Å². The molecular formula is C16H21N5O3S. The average Bonchev–Trinajstić information content (AvgIpc) is 3.13. The van der Waals surface area contributed by atoms with E-state index in [0.29, 0.717) is 17.7 Å². The number of β-amino-alcohol motifs (C(OH)–C–C–N with tert-alkyl or cyclic N) is 1. The summed E-state index contributed by atoms with van der Waals surface area (Å²) in [6.07, 6.45) is -0.238. The third-order valence-corrected chi connectivity index (χ3v) is 4.79. The summed E-state index contributed by atoms with van der Waals surface area (Å²) < 4.78 is 8.40. The van der Waals surface area contributed by atoms with Crippen LogP contribution in [0.15, 0.2) is 18.2 Å². The van der Waals surface area contributed by atoms with Crippen molar-refractivity contribution in [3.63, 3.8) is 0 Å². The molecule has 0 unspecified atom stereocenters. The number of likely N-dealkylation sites (tertiary alicyclic amines) is 1. The first-order valence-corrected chi connectivity index (χ1v) is 8.42. The second-order valence-corrected chi connectivity index (χ2v) is 6.67. The highest BCUT2D eigenvalue weighted by Crippen LogP contribution is 2.20. The Morgan fingerprint density at radius 1 is 1.40 bits per heavy atom. The zero-order chi connectivity index (χ0) is 18.1. The second kappa shape index (κ2) is 7.03. The number of carbonyl (C=O) groups excluding carboxylic acids is 1. The number of aliphatic hydroxyl groups is 1. The quantitative estimate of drug-likeness (QED) is 0.640. The summed E-state index contributed by atoms with van der Waals surface area (Å²) in [5.41, 5.74) is 3.02. The standard InChI is InChI=1S/C16H21N5O3S/c1-10-4-5-11(2)13(6-10)21-16(25)20(17-18-21)9-19-8-12(22)7-14(19)15(23)24-3/h4-6,12,14,22H,7-9H2,1-3H3/t12-,14-/m0/s1. The van der Waals surface area contributed by atoms with Crippen molar-refractivity contribution >= 4 is 18.2 Å². The van der Waals surface area contributed by atoms with Gasteiger partial charge in [0, 0.05) is 13.0 Å². The third-order valence-electron chi connectivity index (χ3n) is 4.40. The summed E-state index contributed by atoms with van der Waals surface area (Å²) in [7, 11) is 1.34. The SMILES string of the molecule is COC(=O)[C@@H]1C[C@H](O)CN1Cn1nnn(-c2cc(C)ccc2C)c1=S. The molecule has 0 spiro atoms. The van der Waals surface area contributed by atoms with Gasteiger partial charge in [0.15, 0.2) is 0 Å². The first-order chi connectivity index (χ1) is 11.9. The summed E-state index contributed by atoms with van der Waals surface area (Å²) in [4.78, 5) is 13.7. The minimum absolute atomic E-state index is 0.264. The molecule has 1 aliphatic heterocycles. The molecule has 0 amide bonds. The molecule has 1 aliphatic rings. The number of benzene rings is 1. The number of aryl methyl sites for hydroxylation is 2. The Kier molecular flexibility index (Phi) is 4.98. The number of esters is 1. The van der Waals surface area contributed by atoms with Crippen LogP contribution in [0.2, 0.25) is 0 Å². The van der Waals surface area contributed by atoms with Crippen LogP contribution in [-0.2, 0) is 16.2 Å². The summed E-state index contributed by atoms with van der Waals surface area (Å²) in [6.45, 7) is 4.61. The Morgan fingerprint density at radius 3 is 2.88 bits per heavy atom. The normalized spacial score (nSPS) is 20.8. The maximum absolute atomic E-state index is 11.9. The smallest absolute Gasteiger partial charge is 0.323 e. The lowest BCUT2D eigenvalue weighted by Gasteiger charge is -2.21. The molecule has 0 aliphatic carbocycles. The Balaban J connectivity index is 1.88. The fraction of sp³-hybridized carbons (Fsp3) is 0.500. The fourth-order valence-electron chi connectivity index (χ4n) is 3.05. The molecule has 3 rings (SSSR count). The summed E-state index contributed by atoms with van der Waals surface area (Å²) in [6, 6.07) is 5.53. The number of hydrogen-bond donors (Lipinski definition) is 1. The molecule has 2 aromatic rings.